The fourth-order valence-corrected chi connectivity index (χ4v) is 7.45. The molecule has 3 atom stereocenters. The van der Waals surface area contributed by atoms with Gasteiger partial charge in [0.25, 0.3) is 0 Å². The molecule has 0 N–H and O–H groups in total. The fourth-order valence-electron chi connectivity index (χ4n) is 2.61. The summed E-state index contributed by atoms with van der Waals surface area (Å²) in [6, 6.07) is 9.04. The molecule has 0 aliphatic carbocycles. The van der Waals surface area contributed by atoms with Crippen molar-refractivity contribution in [2.75, 3.05) is 0 Å². The van der Waals surface area contributed by atoms with Crippen molar-refractivity contribution in [2.45, 2.75) is 24.2 Å². The molecule has 1 heterocycles. The van der Waals surface area contributed by atoms with Crippen LogP contribution in [0.3, 0.4) is 0 Å². The van der Waals surface area contributed by atoms with Crippen LogP contribution < -0.4 is 5.30 Å². The monoisotopic (exact) mass is 274 g/mol. The highest BCUT2D eigenvalue weighted by molar-refractivity contribution is 8.19. The molecule has 1 aromatic carbocycles. The average Bonchev–Trinajstić information content (AvgIpc) is 2.71. The van der Waals surface area contributed by atoms with Crippen molar-refractivity contribution < 1.29 is 0 Å². The van der Waals surface area contributed by atoms with E-state index in [1.165, 1.54) is 5.30 Å². The second-order valence-corrected chi connectivity index (χ2v) is 9.69. The molecule has 0 amide bonds. The van der Waals surface area contributed by atoms with E-state index < -0.39 is 6.04 Å². The van der Waals surface area contributed by atoms with Crippen molar-refractivity contribution in [1.82, 2.24) is 0 Å². The number of hydrogen-bond donors (Lipinski definition) is 0. The first-order chi connectivity index (χ1) is 8.73. The quantitative estimate of drug-likeness (QED) is 0.571. The summed E-state index contributed by atoms with van der Waals surface area (Å²) in [5.41, 5.74) is 0.940. The molecule has 0 saturated heterocycles. The maximum atomic E-state index is 6.16. The van der Waals surface area contributed by atoms with Gasteiger partial charge in [-0.3, -0.25) is 0 Å². The molecule has 1 aliphatic heterocycles. The Morgan fingerprint density at radius 1 is 1.00 bits per heavy atom. The highest BCUT2D eigenvalue weighted by Gasteiger charge is 2.37. The summed E-state index contributed by atoms with van der Waals surface area (Å²) in [7, 11) is 0. The summed E-state index contributed by atoms with van der Waals surface area (Å²) < 4.78 is 0. The van der Waals surface area contributed by atoms with E-state index in [4.69, 9.17) is 11.8 Å². The minimum absolute atomic E-state index is 0.470. The first-order valence-corrected chi connectivity index (χ1v) is 9.22. The van der Waals surface area contributed by atoms with Crippen LogP contribution in [-0.4, -0.2) is 11.3 Å². The predicted molar refractivity (Wildman–Crippen MR) is 86.7 cm³/mol. The molecule has 0 bridgehead atoms. The van der Waals surface area contributed by atoms with Crippen molar-refractivity contribution in [3.05, 3.63) is 67.8 Å². The zero-order valence-electron chi connectivity index (χ0n) is 10.5. The van der Waals surface area contributed by atoms with E-state index in [9.17, 15) is 0 Å². The first kappa shape index (κ1) is 13.5. The van der Waals surface area contributed by atoms with Gasteiger partial charge in [-0.15, -0.1) is 13.2 Å². The zero-order chi connectivity index (χ0) is 13.0. The van der Waals surface area contributed by atoms with E-state index in [-0.39, 0.29) is 0 Å². The van der Waals surface area contributed by atoms with Gasteiger partial charge in [0.1, 0.15) is 0 Å². The first-order valence-electron chi connectivity index (χ1n) is 6.28. The Kier molecular flexibility index (Phi) is 4.37. The number of hydrogen-bond acceptors (Lipinski definition) is 1. The number of benzene rings is 1. The van der Waals surface area contributed by atoms with Crippen molar-refractivity contribution in [3.63, 3.8) is 0 Å². The van der Waals surface area contributed by atoms with Crippen molar-refractivity contribution in [3.8, 4) is 0 Å². The summed E-state index contributed by atoms with van der Waals surface area (Å²) in [5.74, 6) is 0. The topological polar surface area (TPSA) is 0 Å². The zero-order valence-corrected chi connectivity index (χ0v) is 12.2. The third-order valence-electron chi connectivity index (χ3n) is 3.52. The number of allylic oxidation sites excluding steroid dienone is 4. The maximum absolute atomic E-state index is 6.16. The molecule has 1 unspecified atom stereocenters. The van der Waals surface area contributed by atoms with E-state index in [0.717, 1.165) is 12.8 Å². The molecule has 1 aliphatic rings. The second kappa shape index (κ2) is 5.82. The van der Waals surface area contributed by atoms with Gasteiger partial charge in [0.2, 0.25) is 0 Å². The Morgan fingerprint density at radius 2 is 1.50 bits per heavy atom. The minimum atomic E-state index is -1.60. The molecule has 18 heavy (non-hydrogen) atoms. The van der Waals surface area contributed by atoms with Crippen LogP contribution in [0.2, 0.25) is 0 Å². The molecule has 94 valence electrons. The third kappa shape index (κ3) is 2.30. The highest BCUT2D eigenvalue weighted by Crippen LogP contribution is 2.61. The maximum Gasteiger partial charge on any atom is 0.0138 e. The van der Waals surface area contributed by atoms with Crippen molar-refractivity contribution in [2.24, 2.45) is 0 Å². The van der Waals surface area contributed by atoms with E-state index in [2.05, 4.69) is 55.6 Å². The Morgan fingerprint density at radius 3 is 1.94 bits per heavy atom. The molecule has 0 aromatic heterocycles. The van der Waals surface area contributed by atoms with E-state index in [1.54, 1.807) is 0 Å². The van der Waals surface area contributed by atoms with Gasteiger partial charge in [0, 0.05) is 11.3 Å². The van der Waals surface area contributed by atoms with Crippen LogP contribution >= 0.6 is 6.04 Å². The molecule has 0 nitrogen and oxygen atoms in total. The minimum Gasteiger partial charge on any atom is -0.103 e. The molecule has 1 aromatic rings. The van der Waals surface area contributed by atoms with Crippen LogP contribution in [0.15, 0.2) is 67.8 Å². The van der Waals surface area contributed by atoms with Crippen LogP contribution in [0, 0.1) is 0 Å². The lowest BCUT2D eigenvalue weighted by Crippen LogP contribution is -2.19. The third-order valence-corrected chi connectivity index (χ3v) is 9.62. The Balaban J connectivity index is 2.43. The van der Waals surface area contributed by atoms with Crippen LogP contribution in [-0.2, 0) is 11.8 Å². The van der Waals surface area contributed by atoms with E-state index in [1.807, 2.05) is 12.2 Å². The Hall–Kier alpha value is -0.910. The standard InChI is InChI=1S/C16H19PS/c1-3-8-14-12-13-15(9-4-2)17(14,18)16-10-6-5-7-11-16/h3-7,10-15H,1-2,8-9H2/t14-,15+,17?. The lowest BCUT2D eigenvalue weighted by atomic mass is 10.2. The van der Waals surface area contributed by atoms with Gasteiger partial charge >= 0.3 is 0 Å². The van der Waals surface area contributed by atoms with E-state index >= 15 is 0 Å². The molecule has 2 rings (SSSR count). The lowest BCUT2D eigenvalue weighted by Gasteiger charge is -2.30. The summed E-state index contributed by atoms with van der Waals surface area (Å²) in [5, 5.41) is 1.35. The summed E-state index contributed by atoms with van der Waals surface area (Å²) in [6.07, 6.45) is 10.6. The largest absolute Gasteiger partial charge is 0.103 e. The molecule has 0 fully saturated rings. The fraction of sp³-hybridized carbons (Fsp3) is 0.250. The summed E-state index contributed by atoms with van der Waals surface area (Å²) >= 11 is 6.16. The van der Waals surface area contributed by atoms with Gasteiger partial charge in [-0.1, -0.05) is 66.4 Å². The van der Waals surface area contributed by atoms with Crippen LogP contribution in [0.1, 0.15) is 12.8 Å². The van der Waals surface area contributed by atoms with Gasteiger partial charge in [-0.05, 0) is 24.2 Å². The van der Waals surface area contributed by atoms with Crippen LogP contribution in [0.4, 0.5) is 0 Å². The molecule has 2 heteroatoms. The van der Waals surface area contributed by atoms with Crippen LogP contribution in [0.5, 0.6) is 0 Å². The van der Waals surface area contributed by atoms with Gasteiger partial charge in [0.05, 0.1) is 0 Å². The summed E-state index contributed by atoms with van der Waals surface area (Å²) in [6.45, 7) is 7.74. The SMILES string of the molecule is C=CC[C@H]1C=C[C@@H](CC=C)P1(=S)c1ccccc1. The molecule has 0 saturated carbocycles. The van der Waals surface area contributed by atoms with Crippen molar-refractivity contribution in [1.29, 1.82) is 0 Å². The smallest absolute Gasteiger partial charge is 0.0138 e. The van der Waals surface area contributed by atoms with E-state index in [0.29, 0.717) is 11.3 Å². The predicted octanol–water partition coefficient (Wildman–Crippen LogP) is 4.25. The van der Waals surface area contributed by atoms with Crippen LogP contribution in [0.25, 0.3) is 0 Å². The summed E-state index contributed by atoms with van der Waals surface area (Å²) in [4.78, 5) is 0. The average molecular weight is 274 g/mol. The van der Waals surface area contributed by atoms with Gasteiger partial charge in [-0.2, -0.15) is 0 Å². The van der Waals surface area contributed by atoms with Crippen molar-refractivity contribution >= 4 is 23.1 Å². The Bertz CT molecular complexity index is 477. The normalized spacial score (nSPS) is 30.2. The highest BCUT2D eigenvalue weighted by atomic mass is 32.4. The van der Waals surface area contributed by atoms with Gasteiger partial charge in [-0.25, -0.2) is 0 Å². The van der Waals surface area contributed by atoms with Gasteiger partial charge < -0.3 is 0 Å². The molecule has 0 spiro atoms. The Labute approximate surface area is 115 Å². The molecular formula is C16H19PS. The number of rotatable bonds is 5. The second-order valence-electron chi connectivity index (χ2n) is 4.61. The molecule has 0 radical (unpaired) electrons. The lowest BCUT2D eigenvalue weighted by molar-refractivity contribution is 1.05. The molecular weight excluding hydrogens is 255 g/mol. The van der Waals surface area contributed by atoms with Gasteiger partial charge in [0.15, 0.2) is 0 Å².